The van der Waals surface area contributed by atoms with Crippen molar-refractivity contribution in [3.63, 3.8) is 0 Å². The molecule has 0 radical (unpaired) electrons. The van der Waals surface area contributed by atoms with Gasteiger partial charge in [-0.05, 0) is 71.5 Å². The SMILES string of the molecule is Cc1cccc(Oc2cc(F)cc(Nc3ccc(I)cc3F)c2C(N)=O)c1. The fourth-order valence-electron chi connectivity index (χ4n) is 2.56. The van der Waals surface area contributed by atoms with Gasteiger partial charge >= 0.3 is 0 Å². The number of halogens is 3. The minimum absolute atomic E-state index is 0.0188. The van der Waals surface area contributed by atoms with Crippen LogP contribution in [-0.2, 0) is 0 Å². The number of hydrogen-bond donors (Lipinski definition) is 2. The van der Waals surface area contributed by atoms with E-state index < -0.39 is 17.5 Å². The molecule has 3 rings (SSSR count). The third kappa shape index (κ3) is 4.54. The van der Waals surface area contributed by atoms with Crippen LogP contribution in [0.2, 0.25) is 0 Å². The van der Waals surface area contributed by atoms with Crippen molar-refractivity contribution in [2.24, 2.45) is 5.73 Å². The molecule has 27 heavy (non-hydrogen) atoms. The van der Waals surface area contributed by atoms with Crippen LogP contribution in [-0.4, -0.2) is 5.91 Å². The molecule has 3 aromatic rings. The Labute approximate surface area is 168 Å². The van der Waals surface area contributed by atoms with Crippen molar-refractivity contribution in [2.45, 2.75) is 6.92 Å². The first-order valence-corrected chi connectivity index (χ1v) is 9.01. The number of hydrogen-bond acceptors (Lipinski definition) is 3. The highest BCUT2D eigenvalue weighted by Gasteiger charge is 2.19. The van der Waals surface area contributed by atoms with Gasteiger partial charge in [0, 0.05) is 9.64 Å². The maximum absolute atomic E-state index is 14.2. The average molecular weight is 480 g/mol. The highest BCUT2D eigenvalue weighted by molar-refractivity contribution is 14.1. The Balaban J connectivity index is 2.06. The Morgan fingerprint density at radius 3 is 2.52 bits per heavy atom. The van der Waals surface area contributed by atoms with E-state index in [0.29, 0.717) is 9.32 Å². The zero-order valence-electron chi connectivity index (χ0n) is 14.2. The van der Waals surface area contributed by atoms with Gasteiger partial charge in [0.25, 0.3) is 5.91 Å². The van der Waals surface area contributed by atoms with Crippen molar-refractivity contribution >= 4 is 39.9 Å². The molecule has 0 heterocycles. The lowest BCUT2D eigenvalue weighted by molar-refractivity contribution is 0.0999. The summed E-state index contributed by atoms with van der Waals surface area (Å²) < 4.78 is 34.7. The molecule has 0 atom stereocenters. The second-order valence-corrected chi connectivity index (χ2v) is 7.10. The van der Waals surface area contributed by atoms with E-state index in [1.54, 1.807) is 24.3 Å². The number of primary amides is 1. The number of benzene rings is 3. The molecule has 1 amide bonds. The number of nitrogens with one attached hydrogen (secondary N) is 1. The van der Waals surface area contributed by atoms with Crippen LogP contribution >= 0.6 is 22.6 Å². The largest absolute Gasteiger partial charge is 0.456 e. The summed E-state index contributed by atoms with van der Waals surface area (Å²) in [6.45, 7) is 1.87. The molecular weight excluding hydrogens is 465 g/mol. The minimum atomic E-state index is -0.828. The Morgan fingerprint density at radius 2 is 1.85 bits per heavy atom. The van der Waals surface area contributed by atoms with Crippen molar-refractivity contribution in [3.05, 3.63) is 80.9 Å². The van der Waals surface area contributed by atoms with Gasteiger partial charge in [-0.2, -0.15) is 0 Å². The summed E-state index contributed by atoms with van der Waals surface area (Å²) in [5.41, 5.74) is 6.46. The zero-order valence-corrected chi connectivity index (χ0v) is 16.4. The first-order valence-electron chi connectivity index (χ1n) is 7.93. The van der Waals surface area contributed by atoms with Gasteiger partial charge in [-0.25, -0.2) is 8.78 Å². The normalized spacial score (nSPS) is 10.5. The van der Waals surface area contributed by atoms with E-state index >= 15 is 0 Å². The molecule has 0 aliphatic carbocycles. The number of rotatable bonds is 5. The van der Waals surface area contributed by atoms with Crippen molar-refractivity contribution < 1.29 is 18.3 Å². The Kier molecular flexibility index (Phi) is 5.59. The number of carbonyl (C=O) groups is 1. The van der Waals surface area contributed by atoms with Gasteiger partial charge in [-0.3, -0.25) is 4.79 Å². The second kappa shape index (κ2) is 7.91. The van der Waals surface area contributed by atoms with Gasteiger partial charge < -0.3 is 15.8 Å². The van der Waals surface area contributed by atoms with E-state index in [-0.39, 0.29) is 22.7 Å². The van der Waals surface area contributed by atoms with Gasteiger partial charge in [0.15, 0.2) is 0 Å². The van der Waals surface area contributed by atoms with Gasteiger partial charge in [0.2, 0.25) is 0 Å². The summed E-state index contributed by atoms with van der Waals surface area (Å²) in [4.78, 5) is 12.0. The topological polar surface area (TPSA) is 64.3 Å². The maximum Gasteiger partial charge on any atom is 0.254 e. The van der Waals surface area contributed by atoms with E-state index in [4.69, 9.17) is 10.5 Å². The molecule has 0 unspecified atom stereocenters. The molecule has 138 valence electrons. The zero-order chi connectivity index (χ0) is 19.6. The molecule has 0 fully saturated rings. The Bertz CT molecular complexity index is 1020. The molecule has 3 N–H and O–H groups in total. The summed E-state index contributed by atoms with van der Waals surface area (Å²) in [6, 6.07) is 13.7. The van der Waals surface area contributed by atoms with Crippen LogP contribution in [0.5, 0.6) is 11.5 Å². The van der Waals surface area contributed by atoms with Crippen LogP contribution in [0.3, 0.4) is 0 Å². The fraction of sp³-hybridized carbons (Fsp3) is 0.0500. The third-order valence-corrected chi connectivity index (χ3v) is 4.40. The second-order valence-electron chi connectivity index (χ2n) is 5.86. The van der Waals surface area contributed by atoms with Crippen LogP contribution in [0.25, 0.3) is 0 Å². The molecule has 3 aromatic carbocycles. The molecule has 0 saturated carbocycles. The monoisotopic (exact) mass is 480 g/mol. The molecule has 7 heteroatoms. The summed E-state index contributed by atoms with van der Waals surface area (Å²) in [5.74, 6) is -1.65. The molecule has 0 aliphatic heterocycles. The first kappa shape index (κ1) is 19.1. The molecule has 0 aromatic heterocycles. The standard InChI is InChI=1S/C20H15F2IN2O2/c1-11-3-2-4-14(7-11)27-18-9-12(21)8-17(19(18)20(24)26)25-16-6-5-13(23)10-15(16)22/h2-10,25H,1H3,(H2,24,26). The predicted octanol–water partition coefficient (Wildman–Crippen LogP) is 5.51. The first-order chi connectivity index (χ1) is 12.8. The molecule has 4 nitrogen and oxygen atoms in total. The van der Waals surface area contributed by atoms with Crippen molar-refractivity contribution in [2.75, 3.05) is 5.32 Å². The molecule has 0 saturated heterocycles. The number of anilines is 2. The van der Waals surface area contributed by atoms with Crippen LogP contribution < -0.4 is 15.8 Å². The van der Waals surface area contributed by atoms with Gasteiger partial charge in [0.05, 0.1) is 11.4 Å². The number of nitrogens with two attached hydrogens (primary N) is 1. The molecule has 0 aliphatic rings. The lowest BCUT2D eigenvalue weighted by Gasteiger charge is -2.16. The predicted molar refractivity (Wildman–Crippen MR) is 109 cm³/mol. The maximum atomic E-state index is 14.2. The van der Waals surface area contributed by atoms with E-state index in [0.717, 1.165) is 17.7 Å². The van der Waals surface area contributed by atoms with E-state index in [1.165, 1.54) is 12.1 Å². The van der Waals surface area contributed by atoms with Crippen LogP contribution in [0.15, 0.2) is 54.6 Å². The van der Waals surface area contributed by atoms with Crippen LogP contribution in [0.4, 0.5) is 20.2 Å². The van der Waals surface area contributed by atoms with Crippen LogP contribution in [0, 0.1) is 22.1 Å². The highest BCUT2D eigenvalue weighted by Crippen LogP contribution is 2.34. The lowest BCUT2D eigenvalue weighted by atomic mass is 10.1. The molecule has 0 bridgehead atoms. The fourth-order valence-corrected chi connectivity index (χ4v) is 3.01. The van der Waals surface area contributed by atoms with Crippen LogP contribution in [0.1, 0.15) is 15.9 Å². The van der Waals surface area contributed by atoms with Crippen molar-refractivity contribution in [1.29, 1.82) is 0 Å². The molecule has 0 spiro atoms. The van der Waals surface area contributed by atoms with E-state index in [9.17, 15) is 13.6 Å². The van der Waals surface area contributed by atoms with Gasteiger partial charge in [-0.1, -0.05) is 12.1 Å². The van der Waals surface area contributed by atoms with E-state index in [1.807, 2.05) is 35.6 Å². The Hall–Kier alpha value is -2.68. The smallest absolute Gasteiger partial charge is 0.254 e. The number of ether oxygens (including phenoxy) is 1. The lowest BCUT2D eigenvalue weighted by Crippen LogP contribution is -2.15. The van der Waals surface area contributed by atoms with Crippen molar-refractivity contribution in [3.8, 4) is 11.5 Å². The van der Waals surface area contributed by atoms with E-state index in [2.05, 4.69) is 5.32 Å². The number of aryl methyl sites for hydroxylation is 1. The minimum Gasteiger partial charge on any atom is -0.456 e. The third-order valence-electron chi connectivity index (χ3n) is 3.73. The average Bonchev–Trinajstić information content (AvgIpc) is 2.56. The van der Waals surface area contributed by atoms with Crippen molar-refractivity contribution in [1.82, 2.24) is 0 Å². The van der Waals surface area contributed by atoms with Gasteiger partial charge in [-0.15, -0.1) is 0 Å². The number of amides is 1. The quantitative estimate of drug-likeness (QED) is 0.474. The summed E-state index contributed by atoms with van der Waals surface area (Å²) in [5, 5.41) is 2.73. The van der Waals surface area contributed by atoms with Gasteiger partial charge in [0.1, 0.15) is 28.7 Å². The highest BCUT2D eigenvalue weighted by atomic mass is 127. The molecular formula is C20H15F2IN2O2. The summed E-state index contributed by atoms with van der Waals surface area (Å²) in [6.07, 6.45) is 0. The number of carbonyl (C=O) groups excluding carboxylic acids is 1. The Morgan fingerprint density at radius 1 is 1.07 bits per heavy atom. The summed E-state index contributed by atoms with van der Waals surface area (Å²) >= 11 is 1.97. The summed E-state index contributed by atoms with van der Waals surface area (Å²) in [7, 11) is 0.